The molecule has 4 heteroatoms. The molecule has 2 aromatic rings. The lowest BCUT2D eigenvalue weighted by Gasteiger charge is -2.15. The van der Waals surface area contributed by atoms with Crippen LogP contribution in [0.3, 0.4) is 0 Å². The second-order valence-corrected chi connectivity index (χ2v) is 4.47. The number of benzene rings is 1. The number of amides is 1. The Balaban J connectivity index is 2.18. The largest absolute Gasteiger partial charge is 0.467 e. The zero-order valence-electron chi connectivity index (χ0n) is 11.0. The molecule has 1 aromatic carbocycles. The predicted octanol–water partition coefficient (Wildman–Crippen LogP) is 2.36. The smallest absolute Gasteiger partial charge is 0.252 e. The molecule has 0 spiro atoms. The first-order valence-electron chi connectivity index (χ1n) is 6.15. The number of carbonyl (C=O) groups excluding carboxylic acids is 1. The molecular weight excluding hydrogens is 242 g/mol. The van der Waals surface area contributed by atoms with Gasteiger partial charge in [-0.2, -0.15) is 0 Å². The second-order valence-electron chi connectivity index (χ2n) is 4.47. The standard InChI is InChI=1S/C15H17NO3/c1-10-5-3-6-12(11(10)2)15(18)16-13(9-17)14-7-4-8-19-14/h3-8,13,17H,9H2,1-2H3,(H,16,18). The number of nitrogens with one attached hydrogen (secondary N) is 1. The van der Waals surface area contributed by atoms with E-state index in [4.69, 9.17) is 4.42 Å². The van der Waals surface area contributed by atoms with Gasteiger partial charge in [-0.15, -0.1) is 0 Å². The molecule has 1 unspecified atom stereocenters. The lowest BCUT2D eigenvalue weighted by molar-refractivity contribution is 0.0906. The fourth-order valence-corrected chi connectivity index (χ4v) is 1.93. The quantitative estimate of drug-likeness (QED) is 0.886. The van der Waals surface area contributed by atoms with E-state index in [1.807, 2.05) is 26.0 Å². The molecule has 1 amide bonds. The average molecular weight is 259 g/mol. The Hall–Kier alpha value is -2.07. The highest BCUT2D eigenvalue weighted by Gasteiger charge is 2.18. The number of hydrogen-bond donors (Lipinski definition) is 2. The van der Waals surface area contributed by atoms with E-state index in [0.29, 0.717) is 11.3 Å². The molecule has 0 aliphatic heterocycles. The van der Waals surface area contributed by atoms with Gasteiger partial charge in [0, 0.05) is 5.56 Å². The number of aliphatic hydroxyl groups is 1. The van der Waals surface area contributed by atoms with Crippen molar-refractivity contribution < 1.29 is 14.3 Å². The van der Waals surface area contributed by atoms with Crippen LogP contribution in [0, 0.1) is 13.8 Å². The Labute approximate surface area is 112 Å². The Morgan fingerprint density at radius 1 is 1.32 bits per heavy atom. The van der Waals surface area contributed by atoms with E-state index in [2.05, 4.69) is 5.32 Å². The number of aryl methyl sites for hydroxylation is 1. The van der Waals surface area contributed by atoms with Crippen molar-refractivity contribution in [3.05, 3.63) is 59.0 Å². The molecule has 0 saturated carbocycles. The highest BCUT2D eigenvalue weighted by Crippen LogP contribution is 2.16. The van der Waals surface area contributed by atoms with Gasteiger partial charge in [0.1, 0.15) is 11.8 Å². The summed E-state index contributed by atoms with van der Waals surface area (Å²) in [6.45, 7) is 3.66. The fraction of sp³-hybridized carbons (Fsp3) is 0.267. The van der Waals surface area contributed by atoms with Crippen LogP contribution in [-0.2, 0) is 0 Å². The number of rotatable bonds is 4. The average Bonchev–Trinajstić information content (AvgIpc) is 2.92. The molecule has 0 aliphatic rings. The summed E-state index contributed by atoms with van der Waals surface area (Å²) in [7, 11) is 0. The van der Waals surface area contributed by atoms with Gasteiger partial charge in [-0.25, -0.2) is 0 Å². The molecule has 19 heavy (non-hydrogen) atoms. The van der Waals surface area contributed by atoms with Crippen LogP contribution in [0.1, 0.15) is 33.3 Å². The van der Waals surface area contributed by atoms with Crippen molar-refractivity contribution in [2.24, 2.45) is 0 Å². The molecule has 0 fully saturated rings. The van der Waals surface area contributed by atoms with Gasteiger partial charge < -0.3 is 14.8 Å². The number of carbonyl (C=O) groups is 1. The topological polar surface area (TPSA) is 62.5 Å². The zero-order chi connectivity index (χ0) is 13.8. The highest BCUT2D eigenvalue weighted by atomic mass is 16.3. The third-order valence-corrected chi connectivity index (χ3v) is 3.22. The monoisotopic (exact) mass is 259 g/mol. The molecule has 0 saturated heterocycles. The van der Waals surface area contributed by atoms with E-state index in [0.717, 1.165) is 11.1 Å². The molecule has 1 heterocycles. The van der Waals surface area contributed by atoms with Gasteiger partial charge in [-0.1, -0.05) is 12.1 Å². The molecule has 4 nitrogen and oxygen atoms in total. The molecule has 0 radical (unpaired) electrons. The van der Waals surface area contributed by atoms with E-state index in [9.17, 15) is 9.90 Å². The van der Waals surface area contributed by atoms with Crippen LogP contribution in [0.5, 0.6) is 0 Å². The van der Waals surface area contributed by atoms with Gasteiger partial charge in [0.2, 0.25) is 0 Å². The predicted molar refractivity (Wildman–Crippen MR) is 71.9 cm³/mol. The third kappa shape index (κ3) is 2.85. The maximum Gasteiger partial charge on any atom is 0.252 e. The summed E-state index contributed by atoms with van der Waals surface area (Å²) in [6, 6.07) is 8.50. The lowest BCUT2D eigenvalue weighted by atomic mass is 10.0. The Bertz CT molecular complexity index is 561. The summed E-state index contributed by atoms with van der Waals surface area (Å²) in [5.74, 6) is 0.331. The van der Waals surface area contributed by atoms with Crippen molar-refractivity contribution in [3.8, 4) is 0 Å². The van der Waals surface area contributed by atoms with Crippen molar-refractivity contribution in [2.75, 3.05) is 6.61 Å². The second kappa shape index (κ2) is 5.71. The first kappa shape index (κ1) is 13.4. The van der Waals surface area contributed by atoms with Crippen LogP contribution < -0.4 is 5.32 Å². The Morgan fingerprint density at radius 3 is 2.74 bits per heavy atom. The van der Waals surface area contributed by atoms with E-state index in [1.54, 1.807) is 18.2 Å². The molecule has 2 rings (SSSR count). The molecule has 1 atom stereocenters. The van der Waals surface area contributed by atoms with Gasteiger partial charge in [-0.3, -0.25) is 4.79 Å². The highest BCUT2D eigenvalue weighted by molar-refractivity contribution is 5.96. The summed E-state index contributed by atoms with van der Waals surface area (Å²) in [6.07, 6.45) is 1.52. The van der Waals surface area contributed by atoms with Crippen LogP contribution in [-0.4, -0.2) is 17.6 Å². The van der Waals surface area contributed by atoms with Gasteiger partial charge in [0.05, 0.1) is 12.9 Å². The number of aliphatic hydroxyl groups excluding tert-OH is 1. The summed E-state index contributed by atoms with van der Waals surface area (Å²) >= 11 is 0. The van der Waals surface area contributed by atoms with Gasteiger partial charge in [0.25, 0.3) is 5.91 Å². The van der Waals surface area contributed by atoms with Crippen molar-refractivity contribution in [1.82, 2.24) is 5.32 Å². The van der Waals surface area contributed by atoms with Crippen LogP contribution >= 0.6 is 0 Å². The van der Waals surface area contributed by atoms with Gasteiger partial charge in [-0.05, 0) is 43.2 Å². The van der Waals surface area contributed by atoms with E-state index in [1.165, 1.54) is 6.26 Å². The summed E-state index contributed by atoms with van der Waals surface area (Å²) in [4.78, 5) is 12.2. The lowest BCUT2D eigenvalue weighted by Crippen LogP contribution is -2.31. The van der Waals surface area contributed by atoms with E-state index >= 15 is 0 Å². The molecule has 2 N–H and O–H groups in total. The Kier molecular flexibility index (Phi) is 4.02. The molecular formula is C15H17NO3. The first-order valence-corrected chi connectivity index (χ1v) is 6.15. The van der Waals surface area contributed by atoms with E-state index in [-0.39, 0.29) is 12.5 Å². The summed E-state index contributed by atoms with van der Waals surface area (Å²) in [5.41, 5.74) is 2.62. The van der Waals surface area contributed by atoms with Crippen molar-refractivity contribution in [2.45, 2.75) is 19.9 Å². The minimum absolute atomic E-state index is 0.204. The van der Waals surface area contributed by atoms with Gasteiger partial charge in [0.15, 0.2) is 0 Å². The Morgan fingerprint density at radius 2 is 2.11 bits per heavy atom. The van der Waals surface area contributed by atoms with Crippen LogP contribution in [0.25, 0.3) is 0 Å². The minimum Gasteiger partial charge on any atom is -0.467 e. The molecule has 1 aromatic heterocycles. The number of furan rings is 1. The normalized spacial score (nSPS) is 12.2. The van der Waals surface area contributed by atoms with Crippen molar-refractivity contribution >= 4 is 5.91 Å². The fourth-order valence-electron chi connectivity index (χ4n) is 1.93. The SMILES string of the molecule is Cc1cccc(C(=O)NC(CO)c2ccco2)c1C. The summed E-state index contributed by atoms with van der Waals surface area (Å²) < 4.78 is 5.20. The maximum absolute atomic E-state index is 12.2. The van der Waals surface area contributed by atoms with Crippen molar-refractivity contribution in [1.29, 1.82) is 0 Å². The van der Waals surface area contributed by atoms with Crippen LogP contribution in [0.2, 0.25) is 0 Å². The third-order valence-electron chi connectivity index (χ3n) is 3.22. The zero-order valence-corrected chi connectivity index (χ0v) is 11.0. The molecule has 0 aliphatic carbocycles. The minimum atomic E-state index is -0.526. The van der Waals surface area contributed by atoms with Crippen LogP contribution in [0.15, 0.2) is 41.0 Å². The van der Waals surface area contributed by atoms with Crippen molar-refractivity contribution in [3.63, 3.8) is 0 Å². The first-order chi connectivity index (χ1) is 9.13. The van der Waals surface area contributed by atoms with Crippen LogP contribution in [0.4, 0.5) is 0 Å². The van der Waals surface area contributed by atoms with E-state index < -0.39 is 6.04 Å². The summed E-state index contributed by atoms with van der Waals surface area (Å²) in [5, 5.41) is 12.1. The molecule has 0 bridgehead atoms. The number of hydrogen-bond acceptors (Lipinski definition) is 3. The maximum atomic E-state index is 12.2. The molecule has 100 valence electrons. The van der Waals surface area contributed by atoms with Gasteiger partial charge >= 0.3 is 0 Å².